The van der Waals surface area contributed by atoms with E-state index in [1.807, 2.05) is 40.2 Å². The predicted molar refractivity (Wildman–Crippen MR) is 72.0 cm³/mol. The third-order valence-corrected chi connectivity index (χ3v) is 3.07. The Bertz CT molecular complexity index is 450. The molecule has 0 bridgehead atoms. The molecule has 0 spiro atoms. The Morgan fingerprint density at radius 2 is 2.26 bits per heavy atom. The molecule has 2 rings (SSSR count). The van der Waals surface area contributed by atoms with Crippen LogP contribution in [0.15, 0.2) is 12.4 Å². The Labute approximate surface area is 113 Å². The average Bonchev–Trinajstić information content (AvgIpc) is 2.83. The molecule has 0 radical (unpaired) electrons. The zero-order valence-electron chi connectivity index (χ0n) is 11.9. The van der Waals surface area contributed by atoms with Crippen molar-refractivity contribution < 1.29 is 9.53 Å². The summed E-state index contributed by atoms with van der Waals surface area (Å²) >= 11 is 0. The first kappa shape index (κ1) is 13.9. The predicted octanol–water partition coefficient (Wildman–Crippen LogP) is 1.00. The molecule has 1 amide bonds. The van der Waals surface area contributed by atoms with Gasteiger partial charge in [0, 0.05) is 32.3 Å². The quantitative estimate of drug-likeness (QED) is 0.838. The molecule has 19 heavy (non-hydrogen) atoms. The number of hydrogen-bond donors (Lipinski definition) is 2. The van der Waals surface area contributed by atoms with E-state index in [4.69, 9.17) is 4.74 Å². The van der Waals surface area contributed by atoms with Crippen LogP contribution in [0.2, 0.25) is 0 Å². The van der Waals surface area contributed by atoms with Crippen molar-refractivity contribution in [1.29, 1.82) is 0 Å². The number of amides is 1. The van der Waals surface area contributed by atoms with Gasteiger partial charge in [0.25, 0.3) is 0 Å². The maximum atomic E-state index is 11.8. The highest BCUT2D eigenvalue weighted by molar-refractivity contribution is 5.68. The zero-order valence-corrected chi connectivity index (χ0v) is 11.9. The summed E-state index contributed by atoms with van der Waals surface area (Å²) in [6.45, 7) is 7.17. The molecule has 0 aromatic carbocycles. The molecule has 6 nitrogen and oxygen atoms in total. The molecule has 1 fully saturated rings. The van der Waals surface area contributed by atoms with Gasteiger partial charge >= 0.3 is 6.09 Å². The van der Waals surface area contributed by atoms with Gasteiger partial charge in [-0.25, -0.2) is 4.79 Å². The van der Waals surface area contributed by atoms with E-state index >= 15 is 0 Å². The van der Waals surface area contributed by atoms with Crippen LogP contribution in [0.4, 0.5) is 4.79 Å². The number of carbonyl (C=O) groups is 1. The molecule has 1 aromatic rings. The van der Waals surface area contributed by atoms with Crippen LogP contribution in [0.25, 0.3) is 0 Å². The fraction of sp³-hybridized carbons (Fsp3) is 0.692. The van der Waals surface area contributed by atoms with Crippen molar-refractivity contribution in [3.8, 4) is 0 Å². The molecule has 2 atom stereocenters. The number of aryl methyl sites for hydroxylation is 1. The number of alkyl carbamates (subject to hydrolysis) is 1. The van der Waals surface area contributed by atoms with E-state index in [0.29, 0.717) is 0 Å². The van der Waals surface area contributed by atoms with E-state index < -0.39 is 5.60 Å². The van der Waals surface area contributed by atoms with Crippen LogP contribution in [0.3, 0.4) is 0 Å². The largest absolute Gasteiger partial charge is 0.444 e. The second kappa shape index (κ2) is 5.21. The smallest absolute Gasteiger partial charge is 0.407 e. The van der Waals surface area contributed by atoms with Gasteiger partial charge in [-0.1, -0.05) is 0 Å². The van der Waals surface area contributed by atoms with Crippen molar-refractivity contribution in [2.24, 2.45) is 7.05 Å². The molecule has 2 N–H and O–H groups in total. The molecule has 0 aliphatic carbocycles. The highest BCUT2D eigenvalue weighted by atomic mass is 16.6. The van der Waals surface area contributed by atoms with Crippen LogP contribution in [0, 0.1) is 0 Å². The first-order valence-electron chi connectivity index (χ1n) is 6.54. The van der Waals surface area contributed by atoms with E-state index in [1.165, 1.54) is 0 Å². The number of nitrogens with one attached hydrogen (secondary N) is 2. The van der Waals surface area contributed by atoms with Gasteiger partial charge in [0.2, 0.25) is 0 Å². The summed E-state index contributed by atoms with van der Waals surface area (Å²) in [6.07, 6.45) is 3.47. The van der Waals surface area contributed by atoms with Crippen LogP contribution < -0.4 is 10.6 Å². The number of hydrogen-bond acceptors (Lipinski definition) is 4. The number of carbonyl (C=O) groups excluding carboxylic acids is 1. The monoisotopic (exact) mass is 266 g/mol. The minimum atomic E-state index is -0.472. The Hall–Kier alpha value is -1.56. The lowest BCUT2D eigenvalue weighted by molar-refractivity contribution is 0.0504. The van der Waals surface area contributed by atoms with Crippen molar-refractivity contribution in [3.05, 3.63) is 18.0 Å². The molecular weight excluding hydrogens is 244 g/mol. The Morgan fingerprint density at radius 1 is 1.53 bits per heavy atom. The lowest BCUT2D eigenvalue weighted by atomic mass is 9.97. The number of rotatable bonds is 2. The van der Waals surface area contributed by atoms with Crippen LogP contribution >= 0.6 is 0 Å². The molecule has 1 aliphatic heterocycles. The van der Waals surface area contributed by atoms with Crippen LogP contribution in [-0.2, 0) is 11.8 Å². The van der Waals surface area contributed by atoms with Crippen LogP contribution in [-0.4, -0.2) is 40.6 Å². The maximum absolute atomic E-state index is 11.8. The minimum Gasteiger partial charge on any atom is -0.444 e. The SMILES string of the molecule is Cn1cc(C2CNCC2NC(=O)OC(C)(C)C)cn1. The number of ether oxygens (including phenoxy) is 1. The third kappa shape index (κ3) is 3.70. The maximum Gasteiger partial charge on any atom is 0.407 e. The second-order valence-corrected chi connectivity index (χ2v) is 5.96. The molecule has 1 aromatic heterocycles. The van der Waals surface area contributed by atoms with Crippen molar-refractivity contribution >= 4 is 6.09 Å². The average molecular weight is 266 g/mol. The summed E-state index contributed by atoms with van der Waals surface area (Å²) in [5.74, 6) is 0.237. The fourth-order valence-corrected chi connectivity index (χ4v) is 2.27. The minimum absolute atomic E-state index is 0.0408. The summed E-state index contributed by atoms with van der Waals surface area (Å²) in [6, 6.07) is 0.0408. The molecule has 2 heterocycles. The van der Waals surface area contributed by atoms with Gasteiger partial charge in [-0.3, -0.25) is 4.68 Å². The molecule has 0 saturated carbocycles. The van der Waals surface area contributed by atoms with Gasteiger partial charge in [-0.2, -0.15) is 5.10 Å². The number of nitrogens with zero attached hydrogens (tertiary/aromatic N) is 2. The second-order valence-electron chi connectivity index (χ2n) is 5.96. The van der Waals surface area contributed by atoms with Gasteiger partial charge in [-0.05, 0) is 26.3 Å². The van der Waals surface area contributed by atoms with Gasteiger partial charge in [-0.15, -0.1) is 0 Å². The lowest BCUT2D eigenvalue weighted by Crippen LogP contribution is -2.42. The molecule has 2 unspecified atom stereocenters. The van der Waals surface area contributed by atoms with E-state index in [2.05, 4.69) is 15.7 Å². The molecule has 6 heteroatoms. The van der Waals surface area contributed by atoms with Gasteiger partial charge < -0.3 is 15.4 Å². The van der Waals surface area contributed by atoms with Crippen molar-refractivity contribution in [2.75, 3.05) is 13.1 Å². The fourth-order valence-electron chi connectivity index (χ4n) is 2.27. The van der Waals surface area contributed by atoms with E-state index in [1.54, 1.807) is 4.68 Å². The summed E-state index contributed by atoms with van der Waals surface area (Å²) in [4.78, 5) is 11.8. The molecule has 1 aliphatic rings. The highest BCUT2D eigenvalue weighted by Gasteiger charge is 2.31. The van der Waals surface area contributed by atoms with Gasteiger partial charge in [0.05, 0.1) is 12.2 Å². The van der Waals surface area contributed by atoms with Crippen molar-refractivity contribution in [2.45, 2.75) is 38.3 Å². The Balaban J connectivity index is 1.98. The van der Waals surface area contributed by atoms with Gasteiger partial charge in [0.1, 0.15) is 5.60 Å². The normalized spacial score (nSPS) is 23.4. The molecule has 106 valence electrons. The highest BCUT2D eigenvalue weighted by Crippen LogP contribution is 2.22. The van der Waals surface area contributed by atoms with Gasteiger partial charge in [0.15, 0.2) is 0 Å². The Kier molecular flexibility index (Phi) is 3.80. The first-order chi connectivity index (χ1) is 8.85. The lowest BCUT2D eigenvalue weighted by Gasteiger charge is -2.23. The van der Waals surface area contributed by atoms with E-state index in [-0.39, 0.29) is 18.1 Å². The topological polar surface area (TPSA) is 68.2 Å². The first-order valence-corrected chi connectivity index (χ1v) is 6.54. The summed E-state index contributed by atoms with van der Waals surface area (Å²) < 4.78 is 7.07. The Morgan fingerprint density at radius 3 is 2.84 bits per heavy atom. The summed E-state index contributed by atoms with van der Waals surface area (Å²) in [7, 11) is 1.89. The summed E-state index contributed by atoms with van der Waals surface area (Å²) in [5.41, 5.74) is 0.661. The number of aromatic nitrogens is 2. The molecular formula is C13H22N4O2. The van der Waals surface area contributed by atoms with Crippen molar-refractivity contribution in [1.82, 2.24) is 20.4 Å². The zero-order chi connectivity index (χ0) is 14.0. The van der Waals surface area contributed by atoms with E-state index in [9.17, 15) is 4.79 Å². The van der Waals surface area contributed by atoms with Crippen LogP contribution in [0.5, 0.6) is 0 Å². The van der Waals surface area contributed by atoms with Crippen LogP contribution in [0.1, 0.15) is 32.3 Å². The molecule has 1 saturated heterocycles. The van der Waals surface area contributed by atoms with Crippen molar-refractivity contribution in [3.63, 3.8) is 0 Å². The standard InChI is InChI=1S/C13H22N4O2/c1-13(2,3)19-12(18)16-11-7-14-6-10(11)9-5-15-17(4)8-9/h5,8,10-11,14H,6-7H2,1-4H3,(H,16,18). The van der Waals surface area contributed by atoms with E-state index in [0.717, 1.165) is 18.7 Å². The summed E-state index contributed by atoms with van der Waals surface area (Å²) in [5, 5.41) is 10.4. The third-order valence-electron chi connectivity index (χ3n) is 3.07.